The number of para-hydroxylation sites is 1. The molecular weight excluding hydrogens is 354 g/mol. The van der Waals surface area contributed by atoms with Gasteiger partial charge in [0, 0.05) is 31.7 Å². The molecule has 0 saturated carbocycles. The zero-order chi connectivity index (χ0) is 18.8. The summed E-state index contributed by atoms with van der Waals surface area (Å²) in [5.41, 5.74) is 3.14. The van der Waals surface area contributed by atoms with Crippen molar-refractivity contribution >= 4 is 27.5 Å². The number of aromatic nitrogens is 1. The van der Waals surface area contributed by atoms with E-state index in [2.05, 4.69) is 49.1 Å². The standard InChI is InChI=1S/C22H25N3OS/c1-16(2)17-7-9-18(10-8-17)22(26)25-13-11-24(12-14-25)15-21-23-19-5-3-4-6-20(19)27-21/h3-10,16H,11-15H2,1-2H3. The van der Waals surface area contributed by atoms with Gasteiger partial charge in [-0.15, -0.1) is 11.3 Å². The second kappa shape index (κ2) is 7.79. The van der Waals surface area contributed by atoms with Crippen molar-refractivity contribution in [2.45, 2.75) is 26.3 Å². The lowest BCUT2D eigenvalue weighted by molar-refractivity contribution is 0.0628. The summed E-state index contributed by atoms with van der Waals surface area (Å²) in [6.45, 7) is 8.54. The van der Waals surface area contributed by atoms with Gasteiger partial charge in [0.1, 0.15) is 5.01 Å². The minimum Gasteiger partial charge on any atom is -0.336 e. The highest BCUT2D eigenvalue weighted by molar-refractivity contribution is 7.18. The van der Waals surface area contributed by atoms with Crippen LogP contribution in [-0.4, -0.2) is 46.9 Å². The normalized spacial score (nSPS) is 15.6. The Morgan fingerprint density at radius 1 is 1.04 bits per heavy atom. The average molecular weight is 380 g/mol. The van der Waals surface area contributed by atoms with Gasteiger partial charge in [-0.25, -0.2) is 4.98 Å². The van der Waals surface area contributed by atoms with E-state index in [-0.39, 0.29) is 5.91 Å². The predicted molar refractivity (Wildman–Crippen MR) is 111 cm³/mol. The first kappa shape index (κ1) is 18.1. The Hall–Kier alpha value is -2.24. The van der Waals surface area contributed by atoms with Crippen molar-refractivity contribution in [1.82, 2.24) is 14.8 Å². The lowest BCUT2D eigenvalue weighted by atomic mass is 10.0. The molecule has 4 nitrogen and oxygen atoms in total. The summed E-state index contributed by atoms with van der Waals surface area (Å²) in [6.07, 6.45) is 0. The van der Waals surface area contributed by atoms with E-state index in [0.29, 0.717) is 5.92 Å². The van der Waals surface area contributed by atoms with E-state index in [1.807, 2.05) is 23.1 Å². The Balaban J connectivity index is 1.34. The van der Waals surface area contributed by atoms with Crippen LogP contribution in [0.3, 0.4) is 0 Å². The molecule has 3 aromatic rings. The van der Waals surface area contributed by atoms with Crippen molar-refractivity contribution in [2.75, 3.05) is 26.2 Å². The first-order valence-corrected chi connectivity index (χ1v) is 10.4. The summed E-state index contributed by atoms with van der Waals surface area (Å²) in [6, 6.07) is 16.3. The fraction of sp³-hybridized carbons (Fsp3) is 0.364. The third kappa shape index (κ3) is 4.04. The molecule has 0 bridgehead atoms. The van der Waals surface area contributed by atoms with Gasteiger partial charge in [0.25, 0.3) is 5.91 Å². The van der Waals surface area contributed by atoms with E-state index in [4.69, 9.17) is 4.98 Å². The van der Waals surface area contributed by atoms with Crippen LogP contribution in [-0.2, 0) is 6.54 Å². The number of rotatable bonds is 4. The summed E-state index contributed by atoms with van der Waals surface area (Å²) in [5, 5.41) is 1.15. The van der Waals surface area contributed by atoms with Crippen LogP contribution in [0.25, 0.3) is 10.2 Å². The summed E-state index contributed by atoms with van der Waals surface area (Å²) < 4.78 is 1.24. The van der Waals surface area contributed by atoms with Gasteiger partial charge in [0.05, 0.1) is 16.8 Å². The number of thiazole rings is 1. The van der Waals surface area contributed by atoms with Crippen molar-refractivity contribution in [3.05, 3.63) is 64.7 Å². The van der Waals surface area contributed by atoms with Gasteiger partial charge in [0.15, 0.2) is 0 Å². The number of hydrogen-bond acceptors (Lipinski definition) is 4. The van der Waals surface area contributed by atoms with Crippen LogP contribution in [0.1, 0.15) is 40.7 Å². The van der Waals surface area contributed by atoms with Crippen LogP contribution in [0, 0.1) is 0 Å². The van der Waals surface area contributed by atoms with E-state index >= 15 is 0 Å². The number of amides is 1. The third-order valence-electron chi connectivity index (χ3n) is 5.18. The largest absolute Gasteiger partial charge is 0.336 e. The third-order valence-corrected chi connectivity index (χ3v) is 6.20. The molecule has 1 aliphatic heterocycles. The van der Waals surface area contributed by atoms with Crippen LogP contribution in [0.15, 0.2) is 48.5 Å². The zero-order valence-electron chi connectivity index (χ0n) is 15.9. The number of nitrogens with zero attached hydrogens (tertiary/aromatic N) is 3. The van der Waals surface area contributed by atoms with Gasteiger partial charge in [-0.05, 0) is 35.7 Å². The maximum Gasteiger partial charge on any atom is 0.253 e. The quantitative estimate of drug-likeness (QED) is 0.675. The molecule has 1 amide bonds. The molecule has 0 atom stereocenters. The minimum absolute atomic E-state index is 0.143. The molecule has 0 aliphatic carbocycles. The van der Waals surface area contributed by atoms with Crippen LogP contribution < -0.4 is 0 Å². The Morgan fingerprint density at radius 3 is 2.41 bits per heavy atom. The summed E-state index contributed by atoms with van der Waals surface area (Å²) in [7, 11) is 0. The fourth-order valence-electron chi connectivity index (χ4n) is 3.48. The molecule has 5 heteroatoms. The van der Waals surface area contributed by atoms with Crippen molar-refractivity contribution in [3.8, 4) is 0 Å². The van der Waals surface area contributed by atoms with Crippen LogP contribution in [0.4, 0.5) is 0 Å². The summed E-state index contributed by atoms with van der Waals surface area (Å²) in [5.74, 6) is 0.630. The van der Waals surface area contributed by atoms with Crippen molar-refractivity contribution < 1.29 is 4.79 Å². The first-order valence-electron chi connectivity index (χ1n) is 9.56. The molecule has 27 heavy (non-hydrogen) atoms. The Labute approximate surface area is 164 Å². The van der Waals surface area contributed by atoms with Gasteiger partial charge in [-0.3, -0.25) is 9.69 Å². The molecule has 0 spiro atoms. The smallest absolute Gasteiger partial charge is 0.253 e. The summed E-state index contributed by atoms with van der Waals surface area (Å²) in [4.78, 5) is 21.9. The molecule has 2 heterocycles. The van der Waals surface area contributed by atoms with E-state index < -0.39 is 0 Å². The molecule has 0 radical (unpaired) electrons. The van der Waals surface area contributed by atoms with Gasteiger partial charge >= 0.3 is 0 Å². The van der Waals surface area contributed by atoms with Gasteiger partial charge < -0.3 is 4.90 Å². The van der Waals surface area contributed by atoms with Gasteiger partial charge in [-0.2, -0.15) is 0 Å². The highest BCUT2D eigenvalue weighted by atomic mass is 32.1. The molecule has 1 saturated heterocycles. The molecule has 0 unspecified atom stereocenters. The van der Waals surface area contributed by atoms with Crippen molar-refractivity contribution in [1.29, 1.82) is 0 Å². The monoisotopic (exact) mass is 379 g/mol. The van der Waals surface area contributed by atoms with Crippen molar-refractivity contribution in [2.24, 2.45) is 0 Å². The fourth-order valence-corrected chi connectivity index (χ4v) is 4.49. The molecular formula is C22H25N3OS. The van der Waals surface area contributed by atoms with Crippen LogP contribution >= 0.6 is 11.3 Å². The molecule has 140 valence electrons. The highest BCUT2D eigenvalue weighted by Crippen LogP contribution is 2.23. The number of fused-ring (bicyclic) bond motifs is 1. The Bertz CT molecular complexity index is 891. The lowest BCUT2D eigenvalue weighted by Crippen LogP contribution is -2.48. The zero-order valence-corrected chi connectivity index (χ0v) is 16.7. The molecule has 1 aliphatic rings. The number of carbonyl (C=O) groups is 1. The van der Waals surface area contributed by atoms with E-state index in [9.17, 15) is 4.79 Å². The lowest BCUT2D eigenvalue weighted by Gasteiger charge is -2.34. The number of carbonyl (C=O) groups excluding carboxylic acids is 1. The van der Waals surface area contributed by atoms with Gasteiger partial charge in [0.2, 0.25) is 0 Å². The number of hydrogen-bond donors (Lipinski definition) is 0. The maximum atomic E-state index is 12.8. The minimum atomic E-state index is 0.143. The SMILES string of the molecule is CC(C)c1ccc(C(=O)N2CCN(Cc3nc4ccccc4s3)CC2)cc1. The van der Waals surface area contributed by atoms with Gasteiger partial charge in [-0.1, -0.05) is 38.1 Å². The number of piperazine rings is 1. The predicted octanol–water partition coefficient (Wildman–Crippen LogP) is 4.38. The number of benzene rings is 2. The summed E-state index contributed by atoms with van der Waals surface area (Å²) >= 11 is 1.77. The molecule has 4 rings (SSSR count). The molecule has 2 aromatic carbocycles. The maximum absolute atomic E-state index is 12.8. The van der Waals surface area contributed by atoms with Crippen molar-refractivity contribution in [3.63, 3.8) is 0 Å². The topological polar surface area (TPSA) is 36.4 Å². The second-order valence-corrected chi connectivity index (χ2v) is 8.54. The van der Waals surface area contributed by atoms with E-state index in [0.717, 1.165) is 48.8 Å². The Morgan fingerprint density at radius 2 is 1.74 bits per heavy atom. The average Bonchev–Trinajstić information content (AvgIpc) is 3.10. The molecule has 1 aromatic heterocycles. The van der Waals surface area contributed by atoms with Crippen LogP contribution in [0.5, 0.6) is 0 Å². The van der Waals surface area contributed by atoms with E-state index in [1.54, 1.807) is 11.3 Å². The second-order valence-electron chi connectivity index (χ2n) is 7.42. The Kier molecular flexibility index (Phi) is 5.23. The molecule has 1 fully saturated rings. The van der Waals surface area contributed by atoms with Crippen LogP contribution in [0.2, 0.25) is 0 Å². The molecule has 0 N–H and O–H groups in total. The van der Waals surface area contributed by atoms with E-state index in [1.165, 1.54) is 10.3 Å². The first-order chi connectivity index (χ1) is 13.1. The highest BCUT2D eigenvalue weighted by Gasteiger charge is 2.23.